The van der Waals surface area contributed by atoms with E-state index < -0.39 is 5.60 Å². The number of oxazole rings is 1. The molecular formula is C17H18N4O3. The van der Waals surface area contributed by atoms with Gasteiger partial charge in [0.1, 0.15) is 11.1 Å². The van der Waals surface area contributed by atoms with Gasteiger partial charge in [-0.15, -0.1) is 0 Å². The number of amides is 1. The molecule has 24 heavy (non-hydrogen) atoms. The summed E-state index contributed by atoms with van der Waals surface area (Å²) < 4.78 is 7.09. The molecule has 2 aromatic heterocycles. The molecule has 1 atom stereocenters. The number of hydrogen-bond acceptors (Lipinski definition) is 5. The molecule has 124 valence electrons. The lowest BCUT2D eigenvalue weighted by Gasteiger charge is -2.21. The van der Waals surface area contributed by atoms with Gasteiger partial charge in [-0.1, -0.05) is 12.1 Å². The molecular weight excluding hydrogens is 308 g/mol. The molecule has 0 spiro atoms. The number of aryl methyl sites for hydroxylation is 1. The molecule has 0 aliphatic carbocycles. The van der Waals surface area contributed by atoms with Crippen LogP contribution in [0.2, 0.25) is 0 Å². The van der Waals surface area contributed by atoms with E-state index in [2.05, 4.69) is 15.4 Å². The Kier molecular flexibility index (Phi) is 4.18. The number of nitrogens with zero attached hydrogens (tertiary/aromatic N) is 3. The summed E-state index contributed by atoms with van der Waals surface area (Å²) in [6.07, 6.45) is 6.10. The maximum atomic E-state index is 11.9. The molecule has 0 unspecified atom stereocenters. The van der Waals surface area contributed by atoms with Crippen molar-refractivity contribution in [3.63, 3.8) is 0 Å². The van der Waals surface area contributed by atoms with Crippen molar-refractivity contribution in [2.75, 3.05) is 6.54 Å². The lowest BCUT2D eigenvalue weighted by atomic mass is 10.00. The van der Waals surface area contributed by atoms with Crippen LogP contribution in [0.15, 0.2) is 47.2 Å². The predicted octanol–water partition coefficient (Wildman–Crippen LogP) is 1.60. The molecule has 0 saturated heterocycles. The molecule has 0 aliphatic heterocycles. The highest BCUT2D eigenvalue weighted by Gasteiger charge is 2.25. The Bertz CT molecular complexity index is 859. The van der Waals surface area contributed by atoms with Gasteiger partial charge in [0, 0.05) is 31.0 Å². The van der Waals surface area contributed by atoms with E-state index in [4.69, 9.17) is 4.42 Å². The van der Waals surface area contributed by atoms with Crippen LogP contribution in [0.25, 0.3) is 17.2 Å². The third kappa shape index (κ3) is 3.52. The molecule has 3 aromatic rings. The van der Waals surface area contributed by atoms with Gasteiger partial charge < -0.3 is 14.8 Å². The number of carbonyl (C=O) groups excluding carboxylic acids is 1. The van der Waals surface area contributed by atoms with Crippen LogP contribution < -0.4 is 5.32 Å². The second-order valence-electron chi connectivity index (χ2n) is 5.75. The maximum Gasteiger partial charge on any atom is 0.244 e. The molecule has 1 aromatic carbocycles. The first-order valence-corrected chi connectivity index (χ1v) is 7.47. The van der Waals surface area contributed by atoms with Crippen molar-refractivity contribution in [2.24, 2.45) is 7.05 Å². The number of rotatable bonds is 5. The topological polar surface area (TPSA) is 93.2 Å². The van der Waals surface area contributed by atoms with Crippen molar-refractivity contribution in [3.05, 3.63) is 54.2 Å². The molecule has 0 radical (unpaired) electrons. The highest BCUT2D eigenvalue weighted by Crippen LogP contribution is 2.18. The number of benzene rings is 1. The Hall–Kier alpha value is -2.93. The van der Waals surface area contributed by atoms with Crippen LogP contribution in [0.5, 0.6) is 0 Å². The Labute approximate surface area is 138 Å². The van der Waals surface area contributed by atoms with Gasteiger partial charge in [-0.25, -0.2) is 4.98 Å². The molecule has 3 rings (SSSR count). The van der Waals surface area contributed by atoms with Gasteiger partial charge in [-0.05, 0) is 19.1 Å². The Morgan fingerprint density at radius 3 is 2.96 bits per heavy atom. The monoisotopic (exact) mass is 326 g/mol. The van der Waals surface area contributed by atoms with Crippen molar-refractivity contribution in [2.45, 2.75) is 12.5 Å². The van der Waals surface area contributed by atoms with E-state index in [1.54, 1.807) is 31.0 Å². The first-order valence-electron chi connectivity index (χ1n) is 7.47. The quantitative estimate of drug-likeness (QED) is 0.695. The minimum absolute atomic E-state index is 0.0649. The highest BCUT2D eigenvalue weighted by atomic mass is 16.3. The summed E-state index contributed by atoms with van der Waals surface area (Å²) in [6.45, 7) is 1.68. The van der Waals surface area contributed by atoms with Crippen molar-refractivity contribution in [1.82, 2.24) is 20.1 Å². The molecule has 2 N–H and O–H groups in total. The van der Waals surface area contributed by atoms with Crippen LogP contribution in [-0.4, -0.2) is 32.3 Å². The van der Waals surface area contributed by atoms with Gasteiger partial charge in [0.25, 0.3) is 0 Å². The van der Waals surface area contributed by atoms with Crippen LogP contribution in [0.1, 0.15) is 18.4 Å². The average molecular weight is 326 g/mol. The summed E-state index contributed by atoms with van der Waals surface area (Å²) in [5.41, 5.74) is 0.831. The van der Waals surface area contributed by atoms with Gasteiger partial charge >= 0.3 is 0 Å². The third-order valence-corrected chi connectivity index (χ3v) is 3.62. The number of aliphatic hydroxyl groups is 1. The molecule has 0 bridgehead atoms. The summed E-state index contributed by atoms with van der Waals surface area (Å²) in [5.74, 6) is 0.00629. The fourth-order valence-electron chi connectivity index (χ4n) is 2.23. The number of aromatic nitrogens is 3. The van der Waals surface area contributed by atoms with Gasteiger partial charge in [0.05, 0.1) is 12.7 Å². The number of para-hydroxylation sites is 2. The second kappa shape index (κ2) is 6.29. The summed E-state index contributed by atoms with van der Waals surface area (Å²) in [6, 6.07) is 7.37. The van der Waals surface area contributed by atoms with E-state index in [0.29, 0.717) is 17.0 Å². The summed E-state index contributed by atoms with van der Waals surface area (Å²) in [7, 11) is 1.77. The largest absolute Gasteiger partial charge is 0.437 e. The molecule has 2 heterocycles. The fraction of sp³-hybridized carbons (Fsp3) is 0.235. The van der Waals surface area contributed by atoms with Gasteiger partial charge in [0.15, 0.2) is 5.58 Å². The fourth-order valence-corrected chi connectivity index (χ4v) is 2.23. The number of hydrogen-bond donors (Lipinski definition) is 2. The van der Waals surface area contributed by atoms with E-state index in [9.17, 15) is 9.90 Å². The number of fused-ring (bicyclic) bond motifs is 1. The lowest BCUT2D eigenvalue weighted by molar-refractivity contribution is -0.117. The van der Waals surface area contributed by atoms with E-state index in [0.717, 1.165) is 5.52 Å². The highest BCUT2D eigenvalue weighted by molar-refractivity contribution is 5.91. The predicted molar refractivity (Wildman–Crippen MR) is 88.8 cm³/mol. The zero-order valence-corrected chi connectivity index (χ0v) is 13.4. The minimum Gasteiger partial charge on any atom is -0.437 e. The van der Waals surface area contributed by atoms with Crippen LogP contribution in [-0.2, 0) is 17.4 Å². The Morgan fingerprint density at radius 2 is 2.25 bits per heavy atom. The van der Waals surface area contributed by atoms with Crippen LogP contribution in [0.3, 0.4) is 0 Å². The standard InChI is InChI=1S/C17H18N4O3/c1-17(23,12-9-19-21(2)10-12)11-18-15(22)7-8-16-20-13-5-3-4-6-14(13)24-16/h3-10,23H,11H2,1-2H3,(H,18,22)/b8-7+/t17-/m0/s1. The van der Waals surface area contributed by atoms with Crippen molar-refractivity contribution >= 4 is 23.1 Å². The molecule has 0 aliphatic rings. The minimum atomic E-state index is -1.20. The molecule has 0 saturated carbocycles. The Morgan fingerprint density at radius 1 is 1.46 bits per heavy atom. The zero-order chi connectivity index (χ0) is 17.2. The maximum absolute atomic E-state index is 11.9. The number of nitrogens with one attached hydrogen (secondary N) is 1. The first-order chi connectivity index (χ1) is 11.4. The molecule has 7 heteroatoms. The SMILES string of the molecule is Cn1cc([C@@](C)(O)CNC(=O)/C=C/c2nc3ccccc3o2)cn1. The second-order valence-corrected chi connectivity index (χ2v) is 5.75. The van der Waals surface area contributed by atoms with E-state index >= 15 is 0 Å². The van der Waals surface area contributed by atoms with Crippen molar-refractivity contribution < 1.29 is 14.3 Å². The first kappa shape index (κ1) is 15.9. The van der Waals surface area contributed by atoms with Crippen molar-refractivity contribution in [3.8, 4) is 0 Å². The third-order valence-electron chi connectivity index (χ3n) is 3.62. The Balaban J connectivity index is 1.60. The average Bonchev–Trinajstić information content (AvgIpc) is 3.17. The van der Waals surface area contributed by atoms with E-state index in [1.165, 1.54) is 12.2 Å². The van der Waals surface area contributed by atoms with Gasteiger partial charge in [-0.3, -0.25) is 9.48 Å². The van der Waals surface area contributed by atoms with Gasteiger partial charge in [0.2, 0.25) is 11.8 Å². The van der Waals surface area contributed by atoms with Crippen LogP contribution in [0, 0.1) is 0 Å². The van der Waals surface area contributed by atoms with E-state index in [-0.39, 0.29) is 12.5 Å². The van der Waals surface area contributed by atoms with E-state index in [1.807, 2.05) is 24.3 Å². The van der Waals surface area contributed by atoms with Gasteiger partial charge in [-0.2, -0.15) is 5.10 Å². The lowest BCUT2D eigenvalue weighted by Crippen LogP contribution is -2.37. The van der Waals surface area contributed by atoms with Crippen LogP contribution >= 0.6 is 0 Å². The summed E-state index contributed by atoms with van der Waals surface area (Å²) in [5, 5.41) is 17.1. The molecule has 7 nitrogen and oxygen atoms in total. The summed E-state index contributed by atoms with van der Waals surface area (Å²) >= 11 is 0. The van der Waals surface area contributed by atoms with Crippen LogP contribution in [0.4, 0.5) is 0 Å². The molecule has 0 fully saturated rings. The molecule has 1 amide bonds. The summed E-state index contributed by atoms with van der Waals surface area (Å²) in [4.78, 5) is 16.2. The smallest absolute Gasteiger partial charge is 0.244 e. The van der Waals surface area contributed by atoms with Crippen molar-refractivity contribution in [1.29, 1.82) is 0 Å². The number of carbonyl (C=O) groups is 1. The zero-order valence-electron chi connectivity index (χ0n) is 13.4. The normalized spacial score (nSPS) is 14.1.